The van der Waals surface area contributed by atoms with Gasteiger partial charge in [-0.25, -0.2) is 4.98 Å². The van der Waals surface area contributed by atoms with E-state index in [0.717, 1.165) is 33.4 Å². The monoisotopic (exact) mass is 484 g/mol. The summed E-state index contributed by atoms with van der Waals surface area (Å²) in [6.45, 7) is 5.44. The van der Waals surface area contributed by atoms with Crippen LogP contribution in [0.1, 0.15) is 23.7 Å². The first-order chi connectivity index (χ1) is 15.3. The third kappa shape index (κ3) is 4.55. The Bertz CT molecular complexity index is 1250. The largest absolute Gasteiger partial charge is 0.305 e. The van der Waals surface area contributed by atoms with Gasteiger partial charge < -0.3 is 4.57 Å². The van der Waals surface area contributed by atoms with Crippen molar-refractivity contribution in [2.75, 3.05) is 4.90 Å². The molecular weight excluding hydrogens is 464 g/mol. The lowest BCUT2D eigenvalue weighted by molar-refractivity contribution is -0.115. The van der Waals surface area contributed by atoms with Gasteiger partial charge >= 0.3 is 0 Å². The van der Waals surface area contributed by atoms with Crippen molar-refractivity contribution in [3.05, 3.63) is 63.9 Å². The van der Waals surface area contributed by atoms with Crippen LogP contribution in [0.25, 0.3) is 11.4 Å². The summed E-state index contributed by atoms with van der Waals surface area (Å²) in [4.78, 5) is 22.9. The van der Waals surface area contributed by atoms with Gasteiger partial charge in [0.25, 0.3) is 0 Å². The van der Waals surface area contributed by atoms with E-state index in [1.807, 2.05) is 55.1 Å². The first kappa shape index (κ1) is 22.4. The number of benzene rings is 1. The minimum Gasteiger partial charge on any atom is -0.305 e. The predicted molar refractivity (Wildman–Crippen MR) is 130 cm³/mol. The number of hydrogen-bond donors (Lipinski definition) is 0. The van der Waals surface area contributed by atoms with Crippen molar-refractivity contribution >= 4 is 51.4 Å². The molecule has 0 atom stereocenters. The molecule has 164 valence electrons. The second kappa shape index (κ2) is 9.40. The lowest BCUT2D eigenvalue weighted by Gasteiger charge is -2.22. The number of aromatic nitrogens is 5. The van der Waals surface area contributed by atoms with Crippen molar-refractivity contribution in [2.45, 2.75) is 31.7 Å². The Morgan fingerprint density at radius 2 is 2.09 bits per heavy atom. The highest BCUT2D eigenvalue weighted by molar-refractivity contribution is 7.98. The van der Waals surface area contributed by atoms with Crippen molar-refractivity contribution in [2.24, 2.45) is 7.05 Å². The van der Waals surface area contributed by atoms with Crippen LogP contribution in [-0.2, 0) is 17.6 Å². The molecule has 3 heterocycles. The molecule has 0 fully saturated rings. The number of nitrogens with zero attached hydrogens (tertiary/aromatic N) is 6. The van der Waals surface area contributed by atoms with Gasteiger partial charge in [0.1, 0.15) is 0 Å². The van der Waals surface area contributed by atoms with Crippen LogP contribution in [0.5, 0.6) is 0 Å². The Hall–Kier alpha value is -2.75. The van der Waals surface area contributed by atoms with Crippen LogP contribution < -0.4 is 4.90 Å². The summed E-state index contributed by atoms with van der Waals surface area (Å²) in [6.07, 6.45) is 3.49. The van der Waals surface area contributed by atoms with Crippen molar-refractivity contribution in [3.63, 3.8) is 0 Å². The highest BCUT2D eigenvalue weighted by Crippen LogP contribution is 2.38. The number of anilines is 2. The number of thioether (sulfide) groups is 1. The average molecular weight is 485 g/mol. The number of hydrogen-bond acceptors (Lipinski definition) is 7. The fraction of sp³-hybridized carbons (Fsp3) is 0.227. The fourth-order valence-corrected chi connectivity index (χ4v) is 5.56. The number of rotatable bonds is 6. The van der Waals surface area contributed by atoms with Crippen LogP contribution in [0.2, 0.25) is 5.02 Å². The Balaban J connectivity index is 1.54. The van der Waals surface area contributed by atoms with E-state index < -0.39 is 0 Å². The molecule has 3 aromatic heterocycles. The SMILES string of the molecule is CC(=O)N(c1nc(CSc2nnc(-c3cccnc3)n2C)cs1)c1c(C)cc(C)cc1Cl. The second-order valence-corrected chi connectivity index (χ2v) is 9.47. The average Bonchev–Trinajstić information content (AvgIpc) is 3.36. The van der Waals surface area contributed by atoms with E-state index in [1.54, 1.807) is 17.3 Å². The van der Waals surface area contributed by atoms with Crippen LogP contribution in [0, 0.1) is 13.8 Å². The molecule has 10 heteroatoms. The molecule has 0 saturated carbocycles. The standard InChI is InChI=1S/C22H21ClN6OS2/c1-13-8-14(2)19(18(23)9-13)29(15(3)30)21-25-17(11-31-21)12-32-22-27-26-20(28(22)4)16-6-5-7-24-10-16/h5-11H,12H2,1-4H3. The number of pyridine rings is 1. The molecule has 4 rings (SSSR count). The normalized spacial score (nSPS) is 11.0. The van der Waals surface area contributed by atoms with Gasteiger partial charge in [-0.15, -0.1) is 21.5 Å². The third-order valence-corrected chi connectivity index (χ3v) is 6.99. The maximum atomic E-state index is 12.5. The predicted octanol–water partition coefficient (Wildman–Crippen LogP) is 5.58. The summed E-state index contributed by atoms with van der Waals surface area (Å²) >= 11 is 9.45. The van der Waals surface area contributed by atoms with E-state index in [4.69, 9.17) is 16.6 Å². The number of amides is 1. The highest BCUT2D eigenvalue weighted by Gasteiger charge is 2.23. The van der Waals surface area contributed by atoms with Crippen molar-refractivity contribution in [1.29, 1.82) is 0 Å². The molecule has 0 spiro atoms. The molecule has 1 amide bonds. The molecule has 1 aromatic carbocycles. The molecule has 4 aromatic rings. The van der Waals surface area contributed by atoms with Crippen LogP contribution in [0.4, 0.5) is 10.8 Å². The zero-order chi connectivity index (χ0) is 22.8. The minimum absolute atomic E-state index is 0.137. The Morgan fingerprint density at radius 1 is 1.28 bits per heavy atom. The Morgan fingerprint density at radius 3 is 2.78 bits per heavy atom. The van der Waals surface area contributed by atoms with Gasteiger partial charge in [-0.1, -0.05) is 29.4 Å². The van der Waals surface area contributed by atoms with Crippen LogP contribution in [-0.4, -0.2) is 30.6 Å². The molecule has 0 aliphatic carbocycles. The molecule has 0 unspecified atom stereocenters. The molecule has 0 radical (unpaired) electrons. The van der Waals surface area contributed by atoms with E-state index in [9.17, 15) is 4.79 Å². The summed E-state index contributed by atoms with van der Waals surface area (Å²) in [5.74, 6) is 1.22. The molecule has 7 nitrogen and oxygen atoms in total. The van der Waals surface area contributed by atoms with E-state index >= 15 is 0 Å². The zero-order valence-electron chi connectivity index (χ0n) is 18.0. The molecule has 0 saturated heterocycles. The summed E-state index contributed by atoms with van der Waals surface area (Å²) in [7, 11) is 1.93. The van der Waals surface area contributed by atoms with Gasteiger partial charge in [-0.05, 0) is 43.2 Å². The van der Waals surface area contributed by atoms with E-state index in [2.05, 4.69) is 15.2 Å². The maximum Gasteiger partial charge on any atom is 0.230 e. The van der Waals surface area contributed by atoms with Gasteiger partial charge in [0.15, 0.2) is 16.1 Å². The number of carbonyl (C=O) groups is 1. The minimum atomic E-state index is -0.137. The Kier molecular flexibility index (Phi) is 6.59. The maximum absolute atomic E-state index is 12.5. The lowest BCUT2D eigenvalue weighted by atomic mass is 10.1. The third-order valence-electron chi connectivity index (χ3n) is 4.77. The van der Waals surface area contributed by atoms with Gasteiger partial charge in [0, 0.05) is 43.1 Å². The van der Waals surface area contributed by atoms with Gasteiger partial charge in [0.2, 0.25) is 5.91 Å². The quantitative estimate of drug-likeness (QED) is 0.332. The zero-order valence-corrected chi connectivity index (χ0v) is 20.4. The Labute approximate surface area is 199 Å². The number of thiazole rings is 1. The lowest BCUT2D eigenvalue weighted by Crippen LogP contribution is -2.24. The van der Waals surface area contributed by atoms with Gasteiger partial charge in [0.05, 0.1) is 16.4 Å². The molecule has 0 aliphatic rings. The summed E-state index contributed by atoms with van der Waals surface area (Å²) in [6, 6.07) is 7.69. The van der Waals surface area contributed by atoms with Crippen molar-refractivity contribution in [1.82, 2.24) is 24.7 Å². The first-order valence-electron chi connectivity index (χ1n) is 9.79. The van der Waals surface area contributed by atoms with Gasteiger partial charge in [-0.2, -0.15) is 0 Å². The van der Waals surface area contributed by atoms with E-state index in [0.29, 0.717) is 21.6 Å². The molecule has 0 N–H and O–H groups in total. The highest BCUT2D eigenvalue weighted by atomic mass is 35.5. The fourth-order valence-electron chi connectivity index (χ4n) is 3.37. The summed E-state index contributed by atoms with van der Waals surface area (Å²) < 4.78 is 1.94. The van der Waals surface area contributed by atoms with Crippen LogP contribution in [0.3, 0.4) is 0 Å². The number of halogens is 1. The molecule has 32 heavy (non-hydrogen) atoms. The number of aryl methyl sites for hydroxylation is 2. The first-order valence-corrected chi connectivity index (χ1v) is 12.0. The van der Waals surface area contributed by atoms with Crippen molar-refractivity contribution in [3.8, 4) is 11.4 Å². The molecular formula is C22H21ClN6OS2. The van der Waals surface area contributed by atoms with Crippen LogP contribution in [0.15, 0.2) is 47.2 Å². The molecule has 0 aliphatic heterocycles. The van der Waals surface area contributed by atoms with E-state index in [-0.39, 0.29) is 5.91 Å². The topological polar surface area (TPSA) is 76.8 Å². The smallest absolute Gasteiger partial charge is 0.230 e. The summed E-state index contributed by atoms with van der Waals surface area (Å²) in [5, 5.41) is 12.4. The van der Waals surface area contributed by atoms with Gasteiger partial charge in [-0.3, -0.25) is 14.7 Å². The van der Waals surface area contributed by atoms with Crippen LogP contribution >= 0.6 is 34.7 Å². The number of carbonyl (C=O) groups excluding carboxylic acids is 1. The second-order valence-electron chi connectivity index (χ2n) is 7.28. The van der Waals surface area contributed by atoms with Crippen molar-refractivity contribution < 1.29 is 4.79 Å². The van der Waals surface area contributed by atoms with E-state index in [1.165, 1.54) is 30.0 Å². The molecule has 0 bridgehead atoms. The summed E-state index contributed by atoms with van der Waals surface area (Å²) in [5.41, 5.74) is 4.41.